The van der Waals surface area contributed by atoms with Gasteiger partial charge in [-0.05, 0) is 47.4 Å². The third kappa shape index (κ3) is 2.76. The molecule has 2 aliphatic heterocycles. The van der Waals surface area contributed by atoms with Crippen LogP contribution in [0, 0.1) is 0 Å². The molecule has 0 aromatic carbocycles. The number of hydrogen-bond donors (Lipinski definition) is 1. The highest BCUT2D eigenvalue weighted by Gasteiger charge is 2.42. The van der Waals surface area contributed by atoms with Gasteiger partial charge in [-0.1, -0.05) is 13.3 Å². The number of carbonyl (C=O) groups is 1. The van der Waals surface area contributed by atoms with Gasteiger partial charge in [0.2, 0.25) is 5.91 Å². The first kappa shape index (κ1) is 14.4. The number of amides is 1. The monoisotopic (exact) mass is 310 g/mol. The minimum Gasteiger partial charge on any atom is -0.318 e. The molecule has 0 spiro atoms. The molecule has 3 nitrogen and oxygen atoms in total. The SMILES string of the molecule is CCCC1NC(c2ccsc2)N(C2CCCSC2)C1=O. The van der Waals surface area contributed by atoms with E-state index in [4.69, 9.17) is 0 Å². The van der Waals surface area contributed by atoms with E-state index >= 15 is 0 Å². The van der Waals surface area contributed by atoms with Gasteiger partial charge in [0.1, 0.15) is 6.17 Å². The number of hydrogen-bond acceptors (Lipinski definition) is 4. The maximum absolute atomic E-state index is 12.8. The fraction of sp³-hybridized carbons (Fsp3) is 0.667. The number of thioether (sulfide) groups is 1. The fourth-order valence-corrected chi connectivity index (χ4v) is 4.98. The molecule has 5 heteroatoms. The van der Waals surface area contributed by atoms with Crippen molar-refractivity contribution in [2.24, 2.45) is 0 Å². The van der Waals surface area contributed by atoms with Gasteiger partial charge < -0.3 is 4.90 Å². The second-order valence-electron chi connectivity index (χ2n) is 5.58. The van der Waals surface area contributed by atoms with Crippen LogP contribution >= 0.6 is 23.1 Å². The van der Waals surface area contributed by atoms with Crippen molar-refractivity contribution in [3.05, 3.63) is 22.4 Å². The predicted molar refractivity (Wildman–Crippen MR) is 86.1 cm³/mol. The van der Waals surface area contributed by atoms with E-state index in [0.29, 0.717) is 11.9 Å². The first-order chi connectivity index (χ1) is 9.81. The zero-order chi connectivity index (χ0) is 13.9. The maximum atomic E-state index is 12.8. The smallest absolute Gasteiger partial charge is 0.241 e. The summed E-state index contributed by atoms with van der Waals surface area (Å²) in [5, 5.41) is 7.83. The summed E-state index contributed by atoms with van der Waals surface area (Å²) in [6.07, 6.45) is 4.46. The Hall–Kier alpha value is -0.520. The number of nitrogens with one attached hydrogen (secondary N) is 1. The van der Waals surface area contributed by atoms with Gasteiger partial charge in [-0.3, -0.25) is 10.1 Å². The number of rotatable bonds is 4. The molecule has 2 fully saturated rings. The van der Waals surface area contributed by atoms with Crippen molar-refractivity contribution in [3.8, 4) is 0 Å². The van der Waals surface area contributed by atoms with Gasteiger partial charge in [-0.15, -0.1) is 0 Å². The summed E-state index contributed by atoms with van der Waals surface area (Å²) in [5.41, 5.74) is 1.25. The molecule has 1 amide bonds. The second-order valence-corrected chi connectivity index (χ2v) is 7.51. The van der Waals surface area contributed by atoms with Crippen molar-refractivity contribution in [2.45, 2.75) is 50.9 Å². The molecule has 3 unspecified atom stereocenters. The Morgan fingerprint density at radius 3 is 3.05 bits per heavy atom. The highest BCUT2D eigenvalue weighted by Crippen LogP contribution is 2.34. The zero-order valence-corrected chi connectivity index (χ0v) is 13.5. The summed E-state index contributed by atoms with van der Waals surface area (Å²) in [4.78, 5) is 14.9. The molecule has 20 heavy (non-hydrogen) atoms. The van der Waals surface area contributed by atoms with Crippen LogP contribution in [0.5, 0.6) is 0 Å². The molecule has 0 saturated carbocycles. The molecule has 3 heterocycles. The minimum absolute atomic E-state index is 0.0110. The number of thiophene rings is 1. The van der Waals surface area contributed by atoms with E-state index in [0.717, 1.165) is 25.0 Å². The molecule has 2 aliphatic rings. The van der Waals surface area contributed by atoms with E-state index in [-0.39, 0.29) is 12.2 Å². The summed E-state index contributed by atoms with van der Waals surface area (Å²) in [6.45, 7) is 2.15. The lowest BCUT2D eigenvalue weighted by Gasteiger charge is -2.34. The summed E-state index contributed by atoms with van der Waals surface area (Å²) in [6, 6.07) is 2.56. The van der Waals surface area contributed by atoms with Gasteiger partial charge in [-0.2, -0.15) is 23.1 Å². The molecule has 3 rings (SSSR count). The number of nitrogens with zero attached hydrogens (tertiary/aromatic N) is 1. The Bertz CT molecular complexity index is 443. The Morgan fingerprint density at radius 1 is 1.50 bits per heavy atom. The molecule has 0 aliphatic carbocycles. The minimum atomic E-state index is 0.0110. The molecular formula is C15H22N2OS2. The fourth-order valence-electron chi connectivity index (χ4n) is 3.17. The van der Waals surface area contributed by atoms with Crippen molar-refractivity contribution in [1.82, 2.24) is 10.2 Å². The summed E-state index contributed by atoms with van der Waals surface area (Å²) in [7, 11) is 0. The molecule has 2 saturated heterocycles. The Kier molecular flexibility index (Phi) is 4.68. The first-order valence-electron chi connectivity index (χ1n) is 7.49. The van der Waals surface area contributed by atoms with Crippen LogP contribution in [0.2, 0.25) is 0 Å². The van der Waals surface area contributed by atoms with E-state index < -0.39 is 0 Å². The molecule has 1 N–H and O–H groups in total. The van der Waals surface area contributed by atoms with Crippen LogP contribution in [-0.4, -0.2) is 34.4 Å². The van der Waals surface area contributed by atoms with Crippen molar-refractivity contribution in [1.29, 1.82) is 0 Å². The van der Waals surface area contributed by atoms with Crippen LogP contribution in [0.25, 0.3) is 0 Å². The maximum Gasteiger partial charge on any atom is 0.241 e. The van der Waals surface area contributed by atoms with Gasteiger partial charge in [0.05, 0.1) is 6.04 Å². The van der Waals surface area contributed by atoms with Crippen molar-refractivity contribution in [3.63, 3.8) is 0 Å². The van der Waals surface area contributed by atoms with Gasteiger partial charge in [0.15, 0.2) is 0 Å². The highest BCUT2D eigenvalue weighted by molar-refractivity contribution is 7.99. The van der Waals surface area contributed by atoms with Crippen LogP contribution in [0.15, 0.2) is 16.8 Å². The number of carbonyl (C=O) groups excluding carboxylic acids is 1. The van der Waals surface area contributed by atoms with Gasteiger partial charge >= 0.3 is 0 Å². The van der Waals surface area contributed by atoms with Gasteiger partial charge in [-0.25, -0.2) is 0 Å². The molecule has 3 atom stereocenters. The van der Waals surface area contributed by atoms with Crippen LogP contribution in [0.3, 0.4) is 0 Å². The first-order valence-corrected chi connectivity index (χ1v) is 9.59. The summed E-state index contributed by atoms with van der Waals surface area (Å²) >= 11 is 3.69. The zero-order valence-electron chi connectivity index (χ0n) is 11.9. The van der Waals surface area contributed by atoms with E-state index in [9.17, 15) is 4.79 Å². The lowest BCUT2D eigenvalue weighted by atomic mass is 10.1. The standard InChI is InChI=1S/C15H22N2OS2/c1-2-4-13-15(18)17(12-5-3-7-19-10-12)14(16-13)11-6-8-20-9-11/h6,8-9,12-14,16H,2-5,7,10H2,1H3. The van der Waals surface area contributed by atoms with E-state index in [1.807, 2.05) is 11.8 Å². The van der Waals surface area contributed by atoms with Crippen LogP contribution in [0.1, 0.15) is 44.3 Å². The predicted octanol–water partition coefficient (Wildman–Crippen LogP) is 3.24. The van der Waals surface area contributed by atoms with Crippen LogP contribution in [0.4, 0.5) is 0 Å². The molecule has 1 aromatic heterocycles. The molecule has 0 radical (unpaired) electrons. The quantitative estimate of drug-likeness (QED) is 0.926. The Morgan fingerprint density at radius 2 is 2.40 bits per heavy atom. The third-order valence-electron chi connectivity index (χ3n) is 4.16. The van der Waals surface area contributed by atoms with Gasteiger partial charge in [0, 0.05) is 11.8 Å². The Balaban J connectivity index is 1.83. The van der Waals surface area contributed by atoms with Crippen LogP contribution in [-0.2, 0) is 4.79 Å². The van der Waals surface area contributed by atoms with E-state index in [1.54, 1.807) is 11.3 Å². The van der Waals surface area contributed by atoms with Crippen molar-refractivity contribution in [2.75, 3.05) is 11.5 Å². The molecule has 1 aromatic rings. The lowest BCUT2D eigenvalue weighted by molar-refractivity contribution is -0.132. The third-order valence-corrected chi connectivity index (χ3v) is 6.06. The van der Waals surface area contributed by atoms with E-state index in [2.05, 4.69) is 34.0 Å². The normalized spacial score (nSPS) is 30.9. The van der Waals surface area contributed by atoms with Crippen LogP contribution < -0.4 is 5.32 Å². The summed E-state index contributed by atoms with van der Waals surface area (Å²) < 4.78 is 0. The van der Waals surface area contributed by atoms with Crippen molar-refractivity contribution >= 4 is 29.0 Å². The Labute approximate surface area is 129 Å². The lowest BCUT2D eigenvalue weighted by Crippen LogP contribution is -2.43. The average Bonchev–Trinajstić information content (AvgIpc) is 3.09. The van der Waals surface area contributed by atoms with Crippen molar-refractivity contribution < 1.29 is 4.79 Å². The van der Waals surface area contributed by atoms with E-state index in [1.165, 1.54) is 17.7 Å². The highest BCUT2D eigenvalue weighted by atomic mass is 32.2. The molecule has 0 bridgehead atoms. The largest absolute Gasteiger partial charge is 0.318 e. The molecule has 110 valence electrons. The second kappa shape index (κ2) is 6.50. The molecular weight excluding hydrogens is 288 g/mol. The van der Waals surface area contributed by atoms with Gasteiger partial charge in [0.25, 0.3) is 0 Å². The average molecular weight is 310 g/mol. The topological polar surface area (TPSA) is 32.3 Å². The summed E-state index contributed by atoms with van der Waals surface area (Å²) in [5.74, 6) is 2.65.